The molecule has 1 aromatic carbocycles. The van der Waals surface area contributed by atoms with E-state index in [-0.39, 0.29) is 5.91 Å². The van der Waals surface area contributed by atoms with Gasteiger partial charge in [-0.1, -0.05) is 23.4 Å². The maximum atomic E-state index is 11.5. The molecule has 0 aliphatic heterocycles. The van der Waals surface area contributed by atoms with E-state index < -0.39 is 0 Å². The van der Waals surface area contributed by atoms with E-state index in [9.17, 15) is 4.79 Å². The number of rotatable bonds is 1. The number of para-hydroxylation sites is 1. The second-order valence-corrected chi connectivity index (χ2v) is 3.70. The zero-order chi connectivity index (χ0) is 11.8. The maximum Gasteiger partial charge on any atom is 0.227 e. The van der Waals surface area contributed by atoms with E-state index in [0.717, 1.165) is 16.5 Å². The molecule has 0 aliphatic carbocycles. The van der Waals surface area contributed by atoms with Gasteiger partial charge in [0, 0.05) is 24.1 Å². The normalized spacial score (nSPS) is 10.9. The quantitative estimate of drug-likeness (QED) is 0.640. The van der Waals surface area contributed by atoms with Gasteiger partial charge in [-0.15, -0.1) is 0 Å². The zero-order valence-electron chi connectivity index (χ0n) is 9.12. The van der Waals surface area contributed by atoms with Gasteiger partial charge >= 0.3 is 0 Å². The van der Waals surface area contributed by atoms with E-state index in [0.29, 0.717) is 5.82 Å². The SMILES string of the molecule is CC(=O)n1cc(-c2ncon2)c2ccccc21. The fraction of sp³-hybridized carbons (Fsp3) is 0.0833. The molecule has 0 radical (unpaired) electrons. The second-order valence-electron chi connectivity index (χ2n) is 3.70. The molecule has 3 rings (SSSR count). The van der Waals surface area contributed by atoms with Gasteiger partial charge in [0.2, 0.25) is 18.1 Å². The standard InChI is InChI=1S/C12H9N3O2/c1-8(16)15-6-10(12-13-7-17-14-12)9-4-2-3-5-11(9)15/h2-7H,1H3. The first-order valence-electron chi connectivity index (χ1n) is 5.15. The van der Waals surface area contributed by atoms with Crippen LogP contribution < -0.4 is 0 Å². The molecule has 17 heavy (non-hydrogen) atoms. The third-order valence-electron chi connectivity index (χ3n) is 2.65. The average Bonchev–Trinajstić information content (AvgIpc) is 2.95. The van der Waals surface area contributed by atoms with Crippen molar-refractivity contribution >= 4 is 16.8 Å². The number of fused-ring (bicyclic) bond motifs is 1. The first-order valence-corrected chi connectivity index (χ1v) is 5.15. The summed E-state index contributed by atoms with van der Waals surface area (Å²) in [5, 5.41) is 4.73. The Morgan fingerprint density at radius 3 is 2.88 bits per heavy atom. The number of benzene rings is 1. The fourth-order valence-corrected chi connectivity index (χ4v) is 1.91. The Balaban J connectivity index is 2.37. The van der Waals surface area contributed by atoms with Gasteiger partial charge in [-0.05, 0) is 6.07 Å². The van der Waals surface area contributed by atoms with Crippen LogP contribution in [-0.4, -0.2) is 20.6 Å². The van der Waals surface area contributed by atoms with Gasteiger partial charge in [0.05, 0.1) is 5.52 Å². The summed E-state index contributed by atoms with van der Waals surface area (Å²) >= 11 is 0. The average molecular weight is 227 g/mol. The highest BCUT2D eigenvalue weighted by Gasteiger charge is 2.14. The van der Waals surface area contributed by atoms with Crippen LogP contribution in [0.25, 0.3) is 22.3 Å². The topological polar surface area (TPSA) is 60.9 Å². The molecule has 84 valence electrons. The molecule has 2 heterocycles. The van der Waals surface area contributed by atoms with E-state index in [1.54, 1.807) is 10.8 Å². The van der Waals surface area contributed by atoms with Gasteiger partial charge in [0.1, 0.15) is 0 Å². The van der Waals surface area contributed by atoms with Crippen LogP contribution in [0.2, 0.25) is 0 Å². The maximum absolute atomic E-state index is 11.5. The van der Waals surface area contributed by atoms with Gasteiger partial charge in [0.25, 0.3) is 0 Å². The summed E-state index contributed by atoms with van der Waals surface area (Å²) in [7, 11) is 0. The predicted molar refractivity (Wildman–Crippen MR) is 61.5 cm³/mol. The molecular formula is C12H9N3O2. The van der Waals surface area contributed by atoms with Crippen LogP contribution >= 0.6 is 0 Å². The largest absolute Gasteiger partial charge is 0.342 e. The molecule has 0 saturated heterocycles. The molecule has 0 saturated carbocycles. The molecule has 5 heteroatoms. The van der Waals surface area contributed by atoms with E-state index in [2.05, 4.69) is 10.1 Å². The van der Waals surface area contributed by atoms with Crippen LogP contribution in [0.3, 0.4) is 0 Å². The van der Waals surface area contributed by atoms with Crippen molar-refractivity contribution in [2.24, 2.45) is 0 Å². The van der Waals surface area contributed by atoms with Crippen molar-refractivity contribution in [2.45, 2.75) is 6.92 Å². The lowest BCUT2D eigenvalue weighted by atomic mass is 10.2. The number of carbonyl (C=O) groups is 1. The summed E-state index contributed by atoms with van der Waals surface area (Å²) in [6.45, 7) is 1.52. The lowest BCUT2D eigenvalue weighted by Crippen LogP contribution is -2.02. The fourth-order valence-electron chi connectivity index (χ4n) is 1.91. The first kappa shape index (κ1) is 9.77. The summed E-state index contributed by atoms with van der Waals surface area (Å²) in [6, 6.07) is 7.62. The number of nitrogens with zero attached hydrogens (tertiary/aromatic N) is 3. The second kappa shape index (κ2) is 3.55. The number of aromatic nitrogens is 3. The van der Waals surface area contributed by atoms with Crippen molar-refractivity contribution in [3.63, 3.8) is 0 Å². The molecular weight excluding hydrogens is 218 g/mol. The molecule has 0 aliphatic rings. The highest BCUT2D eigenvalue weighted by atomic mass is 16.5. The number of hydrogen-bond acceptors (Lipinski definition) is 4. The van der Waals surface area contributed by atoms with Crippen LogP contribution in [-0.2, 0) is 0 Å². The molecule has 2 aromatic heterocycles. The van der Waals surface area contributed by atoms with E-state index >= 15 is 0 Å². The van der Waals surface area contributed by atoms with Crippen molar-refractivity contribution in [1.82, 2.24) is 14.7 Å². The van der Waals surface area contributed by atoms with Crippen LogP contribution in [0.15, 0.2) is 41.4 Å². The smallest absolute Gasteiger partial charge is 0.227 e. The summed E-state index contributed by atoms with van der Waals surface area (Å²) in [4.78, 5) is 15.5. The highest BCUT2D eigenvalue weighted by Crippen LogP contribution is 2.28. The van der Waals surface area contributed by atoms with Crippen molar-refractivity contribution in [3.8, 4) is 11.4 Å². The molecule has 0 fully saturated rings. The minimum atomic E-state index is -0.0454. The van der Waals surface area contributed by atoms with Crippen LogP contribution in [0.4, 0.5) is 0 Å². The predicted octanol–water partition coefficient (Wildman–Crippen LogP) is 2.35. The monoisotopic (exact) mass is 227 g/mol. The summed E-state index contributed by atoms with van der Waals surface area (Å²) in [5.41, 5.74) is 1.64. The zero-order valence-corrected chi connectivity index (χ0v) is 9.12. The Bertz CT molecular complexity index is 683. The third-order valence-corrected chi connectivity index (χ3v) is 2.65. The summed E-state index contributed by atoms with van der Waals surface area (Å²) < 4.78 is 6.32. The summed E-state index contributed by atoms with van der Waals surface area (Å²) in [5.74, 6) is 0.442. The lowest BCUT2D eigenvalue weighted by Gasteiger charge is -1.96. The molecule has 0 atom stereocenters. The van der Waals surface area contributed by atoms with Gasteiger partial charge < -0.3 is 4.52 Å². The van der Waals surface area contributed by atoms with Crippen LogP contribution in [0, 0.1) is 0 Å². The Labute approximate surface area is 96.7 Å². The van der Waals surface area contributed by atoms with Gasteiger partial charge in [-0.3, -0.25) is 9.36 Å². The number of hydrogen-bond donors (Lipinski definition) is 0. The molecule has 0 unspecified atom stereocenters. The third kappa shape index (κ3) is 1.44. The van der Waals surface area contributed by atoms with Crippen LogP contribution in [0.1, 0.15) is 11.7 Å². The molecule has 0 N–H and O–H groups in total. The Morgan fingerprint density at radius 2 is 2.18 bits per heavy atom. The molecule has 3 aromatic rings. The minimum Gasteiger partial charge on any atom is -0.342 e. The van der Waals surface area contributed by atoms with Crippen LogP contribution in [0.5, 0.6) is 0 Å². The van der Waals surface area contributed by atoms with E-state index in [1.165, 1.54) is 13.3 Å². The van der Waals surface area contributed by atoms with Gasteiger partial charge in [-0.2, -0.15) is 4.98 Å². The first-order chi connectivity index (χ1) is 8.27. The van der Waals surface area contributed by atoms with Crippen molar-refractivity contribution < 1.29 is 9.32 Å². The Morgan fingerprint density at radius 1 is 1.35 bits per heavy atom. The van der Waals surface area contributed by atoms with Gasteiger partial charge in [-0.25, -0.2) is 0 Å². The van der Waals surface area contributed by atoms with E-state index in [4.69, 9.17) is 4.52 Å². The van der Waals surface area contributed by atoms with E-state index in [1.807, 2.05) is 24.3 Å². The Kier molecular flexibility index (Phi) is 2.04. The molecule has 0 bridgehead atoms. The minimum absolute atomic E-state index is 0.0454. The lowest BCUT2D eigenvalue weighted by molar-refractivity contribution is 0.0942. The van der Waals surface area contributed by atoms with Crippen molar-refractivity contribution in [3.05, 3.63) is 36.9 Å². The summed E-state index contributed by atoms with van der Waals surface area (Å²) in [6.07, 6.45) is 3.01. The van der Waals surface area contributed by atoms with Crippen molar-refractivity contribution in [2.75, 3.05) is 0 Å². The molecule has 0 spiro atoms. The van der Waals surface area contributed by atoms with Gasteiger partial charge in [0.15, 0.2) is 0 Å². The highest BCUT2D eigenvalue weighted by molar-refractivity contribution is 6.00. The molecule has 5 nitrogen and oxygen atoms in total. The van der Waals surface area contributed by atoms with Crippen molar-refractivity contribution in [1.29, 1.82) is 0 Å². The Hall–Kier alpha value is -2.43. The number of carbonyl (C=O) groups excluding carboxylic acids is 1. The molecule has 0 amide bonds.